The number of para-hydroxylation sites is 2. The van der Waals surface area contributed by atoms with Gasteiger partial charge in [0.05, 0.1) is 13.7 Å². The lowest BCUT2D eigenvalue weighted by molar-refractivity contribution is -0.126. The van der Waals surface area contributed by atoms with Crippen LogP contribution < -0.4 is 19.7 Å². The SMILES string of the molecule is COc1ccccc1OCCCN1C(=O)C(NC(C)=O)c2cc(Cl)ccc21. The molecule has 1 N–H and O–H groups in total. The summed E-state index contributed by atoms with van der Waals surface area (Å²) in [5.74, 6) is 0.900. The maximum Gasteiger partial charge on any atom is 0.254 e. The molecule has 2 amide bonds. The number of methoxy groups -OCH3 is 1. The summed E-state index contributed by atoms with van der Waals surface area (Å²) in [7, 11) is 1.59. The Bertz CT molecular complexity index is 856. The second-order valence-corrected chi connectivity index (χ2v) is 6.62. The Morgan fingerprint density at radius 1 is 1.22 bits per heavy atom. The van der Waals surface area contributed by atoms with E-state index >= 15 is 0 Å². The minimum atomic E-state index is -0.702. The third kappa shape index (κ3) is 4.17. The van der Waals surface area contributed by atoms with Crippen LogP contribution in [0, 0.1) is 0 Å². The van der Waals surface area contributed by atoms with E-state index < -0.39 is 6.04 Å². The van der Waals surface area contributed by atoms with Gasteiger partial charge in [-0.25, -0.2) is 0 Å². The van der Waals surface area contributed by atoms with Crippen molar-refractivity contribution >= 4 is 29.1 Å². The van der Waals surface area contributed by atoms with Crippen molar-refractivity contribution in [3.8, 4) is 11.5 Å². The highest BCUT2D eigenvalue weighted by Gasteiger charge is 2.37. The molecule has 2 aromatic carbocycles. The molecule has 0 aromatic heterocycles. The van der Waals surface area contributed by atoms with Gasteiger partial charge in [-0.2, -0.15) is 0 Å². The molecule has 27 heavy (non-hydrogen) atoms. The van der Waals surface area contributed by atoms with Crippen LogP contribution in [0.2, 0.25) is 5.02 Å². The van der Waals surface area contributed by atoms with Gasteiger partial charge in [0.25, 0.3) is 5.91 Å². The second-order valence-electron chi connectivity index (χ2n) is 6.18. The number of carbonyl (C=O) groups is 2. The topological polar surface area (TPSA) is 67.9 Å². The molecule has 0 bridgehead atoms. The Morgan fingerprint density at radius 3 is 2.67 bits per heavy atom. The number of benzene rings is 2. The molecule has 3 rings (SSSR count). The van der Waals surface area contributed by atoms with E-state index in [4.69, 9.17) is 21.1 Å². The molecule has 7 heteroatoms. The fraction of sp³-hybridized carbons (Fsp3) is 0.300. The highest BCUT2D eigenvalue weighted by atomic mass is 35.5. The number of rotatable bonds is 7. The number of fused-ring (bicyclic) bond motifs is 1. The van der Waals surface area contributed by atoms with E-state index in [1.54, 1.807) is 30.2 Å². The molecule has 0 aliphatic carbocycles. The highest BCUT2D eigenvalue weighted by Crippen LogP contribution is 2.37. The van der Waals surface area contributed by atoms with Gasteiger partial charge >= 0.3 is 0 Å². The summed E-state index contributed by atoms with van der Waals surface area (Å²) in [5.41, 5.74) is 1.48. The first-order valence-electron chi connectivity index (χ1n) is 8.65. The van der Waals surface area contributed by atoms with Gasteiger partial charge in [-0.15, -0.1) is 0 Å². The van der Waals surface area contributed by atoms with E-state index in [0.717, 1.165) is 5.69 Å². The minimum Gasteiger partial charge on any atom is -0.493 e. The summed E-state index contributed by atoms with van der Waals surface area (Å²) < 4.78 is 11.0. The molecule has 6 nitrogen and oxygen atoms in total. The summed E-state index contributed by atoms with van der Waals surface area (Å²) in [6, 6.07) is 12.0. The summed E-state index contributed by atoms with van der Waals surface area (Å²) >= 11 is 6.07. The number of hydrogen-bond acceptors (Lipinski definition) is 4. The summed E-state index contributed by atoms with van der Waals surface area (Å²) in [5, 5.41) is 3.23. The average molecular weight is 389 g/mol. The lowest BCUT2D eigenvalue weighted by Gasteiger charge is -2.18. The number of hydrogen-bond donors (Lipinski definition) is 1. The number of ether oxygens (including phenoxy) is 2. The number of carbonyl (C=O) groups excluding carboxylic acids is 2. The maximum atomic E-state index is 12.8. The summed E-state index contributed by atoms with van der Waals surface area (Å²) in [6.07, 6.45) is 0.624. The average Bonchev–Trinajstić information content (AvgIpc) is 2.90. The molecule has 0 saturated heterocycles. The first-order valence-corrected chi connectivity index (χ1v) is 9.03. The molecule has 0 fully saturated rings. The lowest BCUT2D eigenvalue weighted by Crippen LogP contribution is -2.37. The van der Waals surface area contributed by atoms with Crippen LogP contribution in [0.15, 0.2) is 42.5 Å². The van der Waals surface area contributed by atoms with Gasteiger partial charge in [0, 0.05) is 29.7 Å². The van der Waals surface area contributed by atoms with E-state index in [1.165, 1.54) is 6.92 Å². The zero-order chi connectivity index (χ0) is 19.4. The van der Waals surface area contributed by atoms with Crippen molar-refractivity contribution < 1.29 is 19.1 Å². The van der Waals surface area contributed by atoms with Crippen molar-refractivity contribution in [2.24, 2.45) is 0 Å². The van der Waals surface area contributed by atoms with Crippen molar-refractivity contribution in [3.05, 3.63) is 53.1 Å². The van der Waals surface area contributed by atoms with E-state index in [2.05, 4.69) is 5.32 Å². The summed E-state index contributed by atoms with van der Waals surface area (Å²) in [6.45, 7) is 2.29. The van der Waals surface area contributed by atoms with Gasteiger partial charge in [-0.3, -0.25) is 9.59 Å². The van der Waals surface area contributed by atoms with Gasteiger partial charge in [0.2, 0.25) is 5.91 Å². The normalized spacial score (nSPS) is 15.4. The number of nitrogens with one attached hydrogen (secondary N) is 1. The predicted octanol–water partition coefficient (Wildman–Crippen LogP) is 3.34. The van der Waals surface area contributed by atoms with Crippen LogP contribution in [0.25, 0.3) is 0 Å². The van der Waals surface area contributed by atoms with Crippen molar-refractivity contribution in [3.63, 3.8) is 0 Å². The van der Waals surface area contributed by atoms with E-state index in [9.17, 15) is 9.59 Å². The maximum absolute atomic E-state index is 12.8. The zero-order valence-corrected chi connectivity index (χ0v) is 16.0. The Kier molecular flexibility index (Phi) is 5.86. The summed E-state index contributed by atoms with van der Waals surface area (Å²) in [4.78, 5) is 25.9. The van der Waals surface area contributed by atoms with Gasteiger partial charge in [0.1, 0.15) is 6.04 Å². The monoisotopic (exact) mass is 388 g/mol. The van der Waals surface area contributed by atoms with Crippen LogP contribution in [-0.4, -0.2) is 32.1 Å². The van der Waals surface area contributed by atoms with Crippen LogP contribution in [0.4, 0.5) is 5.69 Å². The van der Waals surface area contributed by atoms with Gasteiger partial charge < -0.3 is 19.7 Å². The smallest absolute Gasteiger partial charge is 0.254 e. The molecular formula is C20H21ClN2O4. The standard InChI is InChI=1S/C20H21ClN2O4/c1-13(24)22-19-15-12-14(21)8-9-16(15)23(20(19)25)10-5-11-27-18-7-4-3-6-17(18)26-2/h3-4,6-9,12,19H,5,10-11H2,1-2H3,(H,22,24). The van der Waals surface area contributed by atoms with Gasteiger partial charge in [0.15, 0.2) is 11.5 Å². The van der Waals surface area contributed by atoms with Crippen LogP contribution >= 0.6 is 11.6 Å². The van der Waals surface area contributed by atoms with Crippen LogP contribution in [0.3, 0.4) is 0 Å². The quantitative estimate of drug-likeness (QED) is 0.739. The largest absolute Gasteiger partial charge is 0.493 e. The van der Waals surface area contributed by atoms with E-state index in [-0.39, 0.29) is 11.8 Å². The minimum absolute atomic E-state index is 0.167. The number of amides is 2. The first kappa shape index (κ1) is 19.0. The van der Waals surface area contributed by atoms with Crippen LogP contribution in [-0.2, 0) is 9.59 Å². The van der Waals surface area contributed by atoms with Crippen molar-refractivity contribution in [1.82, 2.24) is 5.32 Å². The Balaban J connectivity index is 1.66. The molecule has 0 radical (unpaired) electrons. The number of nitrogens with zero attached hydrogens (tertiary/aromatic N) is 1. The van der Waals surface area contributed by atoms with E-state index in [1.807, 2.05) is 24.3 Å². The number of halogens is 1. The van der Waals surface area contributed by atoms with Gasteiger partial charge in [-0.1, -0.05) is 23.7 Å². The van der Waals surface area contributed by atoms with E-state index in [0.29, 0.717) is 41.7 Å². The predicted molar refractivity (Wildman–Crippen MR) is 103 cm³/mol. The fourth-order valence-electron chi connectivity index (χ4n) is 3.13. The molecule has 142 valence electrons. The molecule has 1 heterocycles. The Labute approximate surface area is 163 Å². The fourth-order valence-corrected chi connectivity index (χ4v) is 3.31. The highest BCUT2D eigenvalue weighted by molar-refractivity contribution is 6.31. The molecule has 1 unspecified atom stereocenters. The molecule has 2 aromatic rings. The molecule has 1 aliphatic heterocycles. The first-order chi connectivity index (χ1) is 13.0. The van der Waals surface area contributed by atoms with Gasteiger partial charge in [-0.05, 0) is 36.8 Å². The third-order valence-electron chi connectivity index (χ3n) is 4.30. The molecular weight excluding hydrogens is 368 g/mol. The van der Waals surface area contributed by atoms with Crippen LogP contribution in [0.5, 0.6) is 11.5 Å². The Morgan fingerprint density at radius 2 is 1.96 bits per heavy atom. The van der Waals surface area contributed by atoms with Crippen molar-refractivity contribution in [2.75, 3.05) is 25.2 Å². The number of anilines is 1. The zero-order valence-electron chi connectivity index (χ0n) is 15.2. The molecule has 0 spiro atoms. The molecule has 0 saturated carbocycles. The third-order valence-corrected chi connectivity index (χ3v) is 4.54. The second kappa shape index (κ2) is 8.31. The van der Waals surface area contributed by atoms with Crippen LogP contribution in [0.1, 0.15) is 24.9 Å². The van der Waals surface area contributed by atoms with Crippen molar-refractivity contribution in [1.29, 1.82) is 0 Å². The molecule has 1 aliphatic rings. The lowest BCUT2D eigenvalue weighted by atomic mass is 10.1. The molecule has 1 atom stereocenters. The Hall–Kier alpha value is -2.73. The van der Waals surface area contributed by atoms with Crippen molar-refractivity contribution in [2.45, 2.75) is 19.4 Å².